The van der Waals surface area contributed by atoms with E-state index in [-0.39, 0.29) is 12.0 Å². The largest absolute Gasteiger partial charge is 0.360 e. The van der Waals surface area contributed by atoms with Gasteiger partial charge in [0.05, 0.1) is 0 Å². The zero-order chi connectivity index (χ0) is 19.7. The van der Waals surface area contributed by atoms with Crippen LogP contribution < -0.4 is 5.73 Å². The van der Waals surface area contributed by atoms with Crippen LogP contribution in [0.4, 0.5) is 0 Å². The van der Waals surface area contributed by atoms with Crippen LogP contribution in [-0.4, -0.2) is 16.2 Å². The molecule has 0 spiro atoms. The monoisotopic (exact) mass is 411 g/mol. The minimum Gasteiger partial charge on any atom is -0.360 e. The first-order valence-electron chi connectivity index (χ1n) is 9.02. The Morgan fingerprint density at radius 1 is 1.04 bits per heavy atom. The van der Waals surface area contributed by atoms with Crippen LogP contribution in [0.3, 0.4) is 0 Å². The van der Waals surface area contributed by atoms with Crippen molar-refractivity contribution < 1.29 is 4.52 Å². The SMILES string of the molecule is C[C@@H](N)CC(c1cc(-c2ccc3cnccc3c2)no1)c1ccc(Cl)cc1Cl. The number of halogens is 2. The molecule has 0 amide bonds. The third-order valence-corrected chi connectivity index (χ3v) is 5.32. The zero-order valence-corrected chi connectivity index (χ0v) is 16.8. The lowest BCUT2D eigenvalue weighted by Crippen LogP contribution is -2.19. The second-order valence-corrected chi connectivity index (χ2v) is 7.83. The standard InChI is InChI=1S/C22H19Cl2N3O/c1-13(25)8-19(18-5-4-17(23)10-20(18)24)22-11-21(27-28-22)15-2-3-16-12-26-7-6-14(16)9-15/h2-7,9-13,19H,8,25H2,1H3/t13-,19?/m1/s1. The summed E-state index contributed by atoms with van der Waals surface area (Å²) in [6, 6.07) is 15.5. The fourth-order valence-electron chi connectivity index (χ4n) is 3.38. The number of nitrogens with zero attached hydrogens (tertiary/aromatic N) is 2. The fraction of sp³-hybridized carbons (Fsp3) is 0.182. The van der Waals surface area contributed by atoms with E-state index in [0.717, 1.165) is 33.4 Å². The molecule has 0 radical (unpaired) electrons. The van der Waals surface area contributed by atoms with Gasteiger partial charge in [0.1, 0.15) is 11.5 Å². The molecule has 4 aromatic rings. The summed E-state index contributed by atoms with van der Waals surface area (Å²) in [7, 11) is 0. The minimum absolute atomic E-state index is 0.0292. The number of aromatic nitrogens is 2. The Morgan fingerprint density at radius 2 is 1.89 bits per heavy atom. The molecule has 0 saturated heterocycles. The molecule has 0 aliphatic carbocycles. The van der Waals surface area contributed by atoms with E-state index >= 15 is 0 Å². The van der Waals surface area contributed by atoms with Crippen LogP contribution in [0.5, 0.6) is 0 Å². The predicted octanol–water partition coefficient (Wildman–Crippen LogP) is 6.07. The molecule has 0 fully saturated rings. The van der Waals surface area contributed by atoms with Crippen LogP contribution in [0.25, 0.3) is 22.0 Å². The summed E-state index contributed by atoms with van der Waals surface area (Å²) in [4.78, 5) is 4.15. The molecule has 4 nitrogen and oxygen atoms in total. The van der Waals surface area contributed by atoms with E-state index in [9.17, 15) is 0 Å². The molecule has 2 heterocycles. The van der Waals surface area contributed by atoms with Crippen LogP contribution in [0.2, 0.25) is 10.0 Å². The van der Waals surface area contributed by atoms with Crippen molar-refractivity contribution in [2.75, 3.05) is 0 Å². The van der Waals surface area contributed by atoms with Crippen molar-refractivity contribution in [3.05, 3.63) is 82.3 Å². The smallest absolute Gasteiger partial charge is 0.144 e. The third kappa shape index (κ3) is 3.90. The summed E-state index contributed by atoms with van der Waals surface area (Å²) in [5, 5.41) is 7.66. The van der Waals surface area contributed by atoms with Gasteiger partial charge in [0.25, 0.3) is 0 Å². The van der Waals surface area contributed by atoms with E-state index in [4.69, 9.17) is 33.5 Å². The van der Waals surface area contributed by atoms with Crippen LogP contribution in [-0.2, 0) is 0 Å². The van der Waals surface area contributed by atoms with Gasteiger partial charge in [-0.15, -0.1) is 0 Å². The Bertz CT molecular complexity index is 1120. The fourth-order valence-corrected chi connectivity index (χ4v) is 3.92. The molecule has 2 aromatic carbocycles. The Hall–Kier alpha value is -2.40. The molecule has 2 atom stereocenters. The van der Waals surface area contributed by atoms with Gasteiger partial charge >= 0.3 is 0 Å². The van der Waals surface area contributed by atoms with Crippen molar-refractivity contribution in [1.29, 1.82) is 0 Å². The van der Waals surface area contributed by atoms with E-state index in [0.29, 0.717) is 16.5 Å². The van der Waals surface area contributed by atoms with Crippen molar-refractivity contribution >= 4 is 34.0 Å². The zero-order valence-electron chi connectivity index (χ0n) is 15.3. The number of pyridine rings is 1. The van der Waals surface area contributed by atoms with Crippen molar-refractivity contribution in [2.24, 2.45) is 5.73 Å². The molecule has 1 unspecified atom stereocenters. The Labute approximate surface area is 173 Å². The lowest BCUT2D eigenvalue weighted by Gasteiger charge is -2.18. The molecule has 2 aromatic heterocycles. The first-order valence-corrected chi connectivity index (χ1v) is 9.78. The van der Waals surface area contributed by atoms with Gasteiger partial charge in [-0.3, -0.25) is 4.98 Å². The van der Waals surface area contributed by atoms with Gasteiger partial charge in [-0.25, -0.2) is 0 Å². The maximum Gasteiger partial charge on any atom is 0.144 e. The van der Waals surface area contributed by atoms with Gasteiger partial charge in [0, 0.05) is 51.4 Å². The van der Waals surface area contributed by atoms with Crippen molar-refractivity contribution in [3.63, 3.8) is 0 Å². The number of hydrogen-bond donors (Lipinski definition) is 1. The summed E-state index contributed by atoms with van der Waals surface area (Å²) in [5.41, 5.74) is 8.77. The average Bonchev–Trinajstić information content (AvgIpc) is 3.16. The van der Waals surface area contributed by atoms with Crippen LogP contribution in [0.15, 0.2) is 65.4 Å². The van der Waals surface area contributed by atoms with Gasteiger partial charge in [-0.2, -0.15) is 0 Å². The first kappa shape index (κ1) is 18.9. The summed E-state index contributed by atoms with van der Waals surface area (Å²) < 4.78 is 5.72. The van der Waals surface area contributed by atoms with Crippen LogP contribution in [0, 0.1) is 0 Å². The number of fused-ring (bicyclic) bond motifs is 1. The molecular formula is C22H19Cl2N3O. The topological polar surface area (TPSA) is 64.9 Å². The van der Waals surface area contributed by atoms with Gasteiger partial charge < -0.3 is 10.3 Å². The molecule has 0 saturated carbocycles. The average molecular weight is 412 g/mol. The van der Waals surface area contributed by atoms with Crippen molar-refractivity contribution in [3.8, 4) is 11.3 Å². The highest BCUT2D eigenvalue weighted by Crippen LogP contribution is 2.36. The molecule has 28 heavy (non-hydrogen) atoms. The van der Waals surface area contributed by atoms with Crippen LogP contribution >= 0.6 is 23.2 Å². The molecule has 6 heteroatoms. The van der Waals surface area contributed by atoms with Gasteiger partial charge in [-0.05, 0) is 48.6 Å². The molecule has 142 valence electrons. The van der Waals surface area contributed by atoms with E-state index in [2.05, 4.69) is 16.2 Å². The highest BCUT2D eigenvalue weighted by molar-refractivity contribution is 6.35. The summed E-state index contributed by atoms with van der Waals surface area (Å²) in [6.07, 6.45) is 4.30. The molecule has 0 bridgehead atoms. The number of hydrogen-bond acceptors (Lipinski definition) is 4. The summed E-state index contributed by atoms with van der Waals surface area (Å²) in [6.45, 7) is 1.96. The Balaban J connectivity index is 1.73. The van der Waals surface area contributed by atoms with Gasteiger partial charge in [0.15, 0.2) is 0 Å². The highest BCUT2D eigenvalue weighted by Gasteiger charge is 2.23. The highest BCUT2D eigenvalue weighted by atomic mass is 35.5. The molecule has 0 aliphatic heterocycles. The summed E-state index contributed by atoms with van der Waals surface area (Å²) in [5.74, 6) is 0.627. The van der Waals surface area contributed by atoms with Crippen molar-refractivity contribution in [1.82, 2.24) is 10.1 Å². The maximum atomic E-state index is 6.45. The Morgan fingerprint density at radius 3 is 2.68 bits per heavy atom. The van der Waals surface area contributed by atoms with E-state index in [1.807, 2.05) is 49.5 Å². The normalized spacial score (nSPS) is 13.6. The molecule has 4 rings (SSSR count). The lowest BCUT2D eigenvalue weighted by atomic mass is 9.90. The quantitative estimate of drug-likeness (QED) is 0.432. The third-order valence-electron chi connectivity index (χ3n) is 4.75. The van der Waals surface area contributed by atoms with Gasteiger partial charge in [0.2, 0.25) is 0 Å². The summed E-state index contributed by atoms with van der Waals surface area (Å²) >= 11 is 12.5. The molecule has 0 aliphatic rings. The molecular weight excluding hydrogens is 393 g/mol. The minimum atomic E-state index is -0.101. The maximum absolute atomic E-state index is 6.45. The second-order valence-electron chi connectivity index (χ2n) is 6.98. The van der Waals surface area contributed by atoms with Crippen molar-refractivity contribution in [2.45, 2.75) is 25.3 Å². The first-order chi connectivity index (χ1) is 13.5. The Kier molecular flexibility index (Phi) is 5.36. The number of benzene rings is 2. The molecule has 2 N–H and O–H groups in total. The van der Waals surface area contributed by atoms with E-state index in [1.165, 1.54) is 0 Å². The van der Waals surface area contributed by atoms with Crippen LogP contribution in [0.1, 0.15) is 30.6 Å². The lowest BCUT2D eigenvalue weighted by molar-refractivity contribution is 0.363. The number of nitrogens with two attached hydrogens (primary N) is 1. The van der Waals surface area contributed by atoms with E-state index in [1.54, 1.807) is 12.3 Å². The van der Waals surface area contributed by atoms with E-state index < -0.39 is 0 Å². The number of rotatable bonds is 5. The second kappa shape index (κ2) is 7.92. The van der Waals surface area contributed by atoms with Gasteiger partial charge in [-0.1, -0.05) is 46.6 Å². The predicted molar refractivity (Wildman–Crippen MR) is 114 cm³/mol.